The Balaban J connectivity index is 2.19. The second kappa shape index (κ2) is 4.31. The molecule has 0 N–H and O–H groups in total. The van der Waals surface area contributed by atoms with E-state index in [1.807, 2.05) is 38.2 Å². The van der Waals surface area contributed by atoms with Crippen LogP contribution in [0, 0.1) is 6.92 Å². The van der Waals surface area contributed by atoms with Crippen LogP contribution in [-0.2, 0) is 7.05 Å². The molecule has 3 rings (SSSR count). The van der Waals surface area contributed by atoms with Crippen LogP contribution in [0.25, 0.3) is 10.8 Å². The highest BCUT2D eigenvalue weighted by Gasteiger charge is 2.16. The van der Waals surface area contributed by atoms with E-state index in [9.17, 15) is 4.79 Å². The van der Waals surface area contributed by atoms with E-state index in [1.54, 1.807) is 23.3 Å². The van der Waals surface area contributed by atoms with Crippen LogP contribution < -0.4 is 0 Å². The van der Waals surface area contributed by atoms with E-state index in [2.05, 4.69) is 10.1 Å². The van der Waals surface area contributed by atoms with Crippen molar-refractivity contribution in [2.75, 3.05) is 0 Å². The number of hydrogen-bond donors (Lipinski definition) is 0. The fourth-order valence-electron chi connectivity index (χ4n) is 2.29. The van der Waals surface area contributed by atoms with E-state index in [-0.39, 0.29) is 5.78 Å². The van der Waals surface area contributed by atoms with Crippen molar-refractivity contribution in [2.45, 2.75) is 6.92 Å². The van der Waals surface area contributed by atoms with Gasteiger partial charge in [0.2, 0.25) is 0 Å². The molecular formula is C15H13N3O. The van der Waals surface area contributed by atoms with Crippen molar-refractivity contribution in [3.8, 4) is 0 Å². The third kappa shape index (κ3) is 1.91. The summed E-state index contributed by atoms with van der Waals surface area (Å²) in [6.07, 6.45) is 5.23. The van der Waals surface area contributed by atoms with Crippen molar-refractivity contribution in [1.29, 1.82) is 0 Å². The number of nitrogens with zero attached hydrogens (tertiary/aromatic N) is 3. The van der Waals surface area contributed by atoms with Crippen LogP contribution >= 0.6 is 0 Å². The zero-order valence-corrected chi connectivity index (χ0v) is 10.8. The first-order chi connectivity index (χ1) is 9.16. The molecule has 2 heterocycles. The van der Waals surface area contributed by atoms with E-state index in [0.29, 0.717) is 11.1 Å². The second-order valence-corrected chi connectivity index (χ2v) is 4.53. The number of aryl methyl sites for hydroxylation is 2. The van der Waals surface area contributed by atoms with Crippen LogP contribution in [0.5, 0.6) is 0 Å². The molecule has 0 unspecified atom stereocenters. The quantitative estimate of drug-likeness (QED) is 0.657. The summed E-state index contributed by atoms with van der Waals surface area (Å²) >= 11 is 0. The van der Waals surface area contributed by atoms with Crippen molar-refractivity contribution in [1.82, 2.24) is 14.8 Å². The largest absolute Gasteiger partial charge is 0.288 e. The fourth-order valence-corrected chi connectivity index (χ4v) is 2.29. The molecule has 4 nitrogen and oxygen atoms in total. The number of rotatable bonds is 2. The Morgan fingerprint density at radius 1 is 1.21 bits per heavy atom. The van der Waals surface area contributed by atoms with Crippen LogP contribution in [0.15, 0.2) is 42.9 Å². The highest BCUT2D eigenvalue weighted by molar-refractivity contribution is 6.16. The lowest BCUT2D eigenvalue weighted by atomic mass is 9.99. The lowest BCUT2D eigenvalue weighted by Crippen LogP contribution is -2.02. The molecule has 3 aromatic rings. The highest BCUT2D eigenvalue weighted by Crippen LogP contribution is 2.21. The molecule has 19 heavy (non-hydrogen) atoms. The third-order valence-electron chi connectivity index (χ3n) is 3.18. The summed E-state index contributed by atoms with van der Waals surface area (Å²) in [5, 5.41) is 6.11. The first-order valence-corrected chi connectivity index (χ1v) is 6.04. The number of aromatic nitrogens is 3. The molecule has 1 aromatic carbocycles. The number of carbonyl (C=O) groups excluding carboxylic acids is 1. The number of benzene rings is 1. The van der Waals surface area contributed by atoms with E-state index >= 15 is 0 Å². The molecule has 4 heteroatoms. The average molecular weight is 251 g/mol. The molecule has 0 aliphatic rings. The summed E-state index contributed by atoms with van der Waals surface area (Å²) in [6.45, 7) is 1.85. The van der Waals surface area contributed by atoms with E-state index in [4.69, 9.17) is 0 Å². The monoisotopic (exact) mass is 251 g/mol. The number of carbonyl (C=O) groups is 1. The second-order valence-electron chi connectivity index (χ2n) is 4.53. The van der Waals surface area contributed by atoms with Gasteiger partial charge in [-0.15, -0.1) is 0 Å². The van der Waals surface area contributed by atoms with Crippen LogP contribution in [-0.4, -0.2) is 20.5 Å². The average Bonchev–Trinajstić information content (AvgIpc) is 2.76. The predicted molar refractivity (Wildman–Crippen MR) is 73.1 cm³/mol. The first kappa shape index (κ1) is 11.6. The van der Waals surface area contributed by atoms with Gasteiger partial charge in [0.1, 0.15) is 0 Å². The third-order valence-corrected chi connectivity index (χ3v) is 3.18. The Morgan fingerprint density at radius 2 is 2.05 bits per heavy atom. The standard InChI is InChI=1S/C15H13N3O/c1-10-14(9-18(2)17-10)15(19)13-5-3-4-11-8-16-7-6-12(11)13/h3-9H,1-2H3. The van der Waals surface area contributed by atoms with Crippen LogP contribution in [0.4, 0.5) is 0 Å². The summed E-state index contributed by atoms with van der Waals surface area (Å²) in [6, 6.07) is 7.55. The number of ketones is 1. The van der Waals surface area contributed by atoms with E-state index in [1.165, 1.54) is 0 Å². The Hall–Kier alpha value is -2.49. The maximum absolute atomic E-state index is 12.6. The van der Waals surface area contributed by atoms with E-state index < -0.39 is 0 Å². The molecule has 94 valence electrons. The topological polar surface area (TPSA) is 47.8 Å². The molecule has 0 bridgehead atoms. The molecule has 0 radical (unpaired) electrons. The van der Waals surface area contributed by atoms with E-state index in [0.717, 1.165) is 16.5 Å². The highest BCUT2D eigenvalue weighted by atomic mass is 16.1. The van der Waals surface area contributed by atoms with Gasteiger partial charge in [-0.05, 0) is 18.4 Å². The van der Waals surface area contributed by atoms with Gasteiger partial charge in [-0.1, -0.05) is 18.2 Å². The van der Waals surface area contributed by atoms with Gasteiger partial charge in [0.25, 0.3) is 0 Å². The van der Waals surface area contributed by atoms with Gasteiger partial charge in [0.05, 0.1) is 11.3 Å². The van der Waals surface area contributed by atoms with Gasteiger partial charge in [-0.3, -0.25) is 14.5 Å². The van der Waals surface area contributed by atoms with Crippen molar-refractivity contribution in [3.05, 3.63) is 59.7 Å². The Morgan fingerprint density at radius 3 is 2.79 bits per heavy atom. The van der Waals surface area contributed by atoms with Crippen LogP contribution in [0.3, 0.4) is 0 Å². The maximum atomic E-state index is 12.6. The zero-order valence-electron chi connectivity index (χ0n) is 10.8. The summed E-state index contributed by atoms with van der Waals surface area (Å²) in [5.41, 5.74) is 2.08. The van der Waals surface area contributed by atoms with Gasteiger partial charge >= 0.3 is 0 Å². The molecule has 0 atom stereocenters. The summed E-state index contributed by atoms with van der Waals surface area (Å²) < 4.78 is 1.66. The van der Waals surface area contributed by atoms with Crippen molar-refractivity contribution < 1.29 is 4.79 Å². The SMILES string of the molecule is Cc1nn(C)cc1C(=O)c1cccc2cnccc12. The zero-order chi connectivity index (χ0) is 13.4. The lowest BCUT2D eigenvalue weighted by molar-refractivity contribution is 0.103. The number of fused-ring (bicyclic) bond motifs is 1. The number of pyridine rings is 1. The van der Waals surface area contributed by atoms with Gasteiger partial charge < -0.3 is 0 Å². The molecule has 0 aliphatic carbocycles. The smallest absolute Gasteiger partial charge is 0.197 e. The van der Waals surface area contributed by atoms with Crippen LogP contribution in [0.1, 0.15) is 21.6 Å². The summed E-state index contributed by atoms with van der Waals surface area (Å²) in [5.74, 6) is 0.00222. The minimum absolute atomic E-state index is 0.00222. The van der Waals surface area contributed by atoms with Gasteiger partial charge in [0.15, 0.2) is 5.78 Å². The van der Waals surface area contributed by atoms with Gasteiger partial charge in [-0.25, -0.2) is 0 Å². The molecule has 0 saturated carbocycles. The van der Waals surface area contributed by atoms with Gasteiger partial charge in [0, 0.05) is 36.6 Å². The first-order valence-electron chi connectivity index (χ1n) is 6.04. The lowest BCUT2D eigenvalue weighted by Gasteiger charge is -2.04. The normalized spacial score (nSPS) is 10.8. The number of hydrogen-bond acceptors (Lipinski definition) is 3. The van der Waals surface area contributed by atoms with Crippen molar-refractivity contribution >= 4 is 16.6 Å². The summed E-state index contributed by atoms with van der Waals surface area (Å²) in [4.78, 5) is 16.7. The summed E-state index contributed by atoms with van der Waals surface area (Å²) in [7, 11) is 1.82. The maximum Gasteiger partial charge on any atom is 0.197 e. The van der Waals surface area contributed by atoms with Crippen molar-refractivity contribution in [2.24, 2.45) is 7.05 Å². The molecule has 0 spiro atoms. The Labute approximate surface area is 110 Å². The molecule has 2 aromatic heterocycles. The van der Waals surface area contributed by atoms with Gasteiger partial charge in [-0.2, -0.15) is 5.10 Å². The predicted octanol–water partition coefficient (Wildman–Crippen LogP) is 2.51. The van der Waals surface area contributed by atoms with Crippen LogP contribution in [0.2, 0.25) is 0 Å². The Bertz CT molecular complexity index is 769. The molecule has 0 fully saturated rings. The minimum atomic E-state index is 0.00222. The minimum Gasteiger partial charge on any atom is -0.288 e. The molecular weight excluding hydrogens is 238 g/mol. The fraction of sp³-hybridized carbons (Fsp3) is 0.133. The van der Waals surface area contributed by atoms with Crippen molar-refractivity contribution in [3.63, 3.8) is 0 Å². The molecule has 0 amide bonds. The molecule has 0 aliphatic heterocycles. The Kier molecular flexibility index (Phi) is 2.63. The molecule has 0 saturated heterocycles.